The fourth-order valence-corrected chi connectivity index (χ4v) is 0.516. The molecule has 0 aliphatic carbocycles. The van der Waals surface area contributed by atoms with Crippen LogP contribution in [0.3, 0.4) is 0 Å². The van der Waals surface area contributed by atoms with Crippen molar-refractivity contribution in [2.45, 2.75) is 13.8 Å². The Morgan fingerprint density at radius 3 is 1.82 bits per heavy atom. The molecule has 0 bridgehead atoms. The van der Waals surface area contributed by atoms with E-state index in [1.165, 1.54) is 0 Å². The third kappa shape index (κ3) is 12.9. The maximum atomic E-state index is 4.71. The van der Waals surface area contributed by atoms with Gasteiger partial charge in [0, 0.05) is 20.1 Å². The highest BCUT2D eigenvalue weighted by Crippen LogP contribution is 1.78. The molecule has 11 heavy (non-hydrogen) atoms. The first-order valence-electron chi connectivity index (χ1n) is 3.97. The molecule has 0 amide bonds. The van der Waals surface area contributed by atoms with Crippen LogP contribution >= 0.6 is 12.2 Å². The van der Waals surface area contributed by atoms with Crippen LogP contribution in [0.2, 0.25) is 0 Å². The largest absolute Gasteiger partial charge is 0.370 e. The molecule has 0 heterocycles. The smallest absolute Gasteiger partial charge is 0.0638 e. The Labute approximate surface area is 76.2 Å². The molecule has 0 fully saturated rings. The van der Waals surface area contributed by atoms with E-state index in [1.807, 2.05) is 25.8 Å². The lowest BCUT2D eigenvalue weighted by molar-refractivity contribution is 0.362. The van der Waals surface area contributed by atoms with E-state index < -0.39 is 0 Å². The predicted octanol–water partition coefficient (Wildman–Crippen LogP) is 1.46. The third-order valence-electron chi connectivity index (χ3n) is 1.08. The Morgan fingerprint density at radius 1 is 1.09 bits per heavy atom. The van der Waals surface area contributed by atoms with Crippen molar-refractivity contribution in [2.75, 3.05) is 34.2 Å². The van der Waals surface area contributed by atoms with Gasteiger partial charge >= 0.3 is 0 Å². The lowest BCUT2D eigenvalue weighted by Crippen LogP contribution is -2.26. The average Bonchev–Trinajstić information content (AvgIpc) is 2.04. The maximum absolute atomic E-state index is 4.71. The van der Waals surface area contributed by atoms with Crippen LogP contribution in [0.5, 0.6) is 0 Å². The van der Waals surface area contributed by atoms with Gasteiger partial charge in [-0.3, -0.25) is 0 Å². The SMILES string of the molecule is CC.CN(C)CCN(C)C=S. The molecule has 0 rings (SSSR count). The van der Waals surface area contributed by atoms with Gasteiger partial charge in [0.25, 0.3) is 0 Å². The van der Waals surface area contributed by atoms with Crippen molar-refractivity contribution >= 4 is 17.7 Å². The number of nitrogens with zero attached hydrogens (tertiary/aromatic N) is 2. The number of thiocarbonyl (C=S) groups is 1. The van der Waals surface area contributed by atoms with Crippen molar-refractivity contribution in [1.82, 2.24) is 9.80 Å². The van der Waals surface area contributed by atoms with Crippen LogP contribution in [-0.4, -0.2) is 49.5 Å². The summed E-state index contributed by atoms with van der Waals surface area (Å²) in [6.07, 6.45) is 0. The molecule has 0 aromatic carbocycles. The van der Waals surface area contributed by atoms with E-state index >= 15 is 0 Å². The van der Waals surface area contributed by atoms with E-state index in [0.717, 1.165) is 13.1 Å². The highest BCUT2D eigenvalue weighted by Gasteiger charge is 1.91. The zero-order valence-corrected chi connectivity index (χ0v) is 9.11. The molecule has 68 valence electrons. The van der Waals surface area contributed by atoms with Gasteiger partial charge in [-0.15, -0.1) is 0 Å². The van der Waals surface area contributed by atoms with Crippen LogP contribution in [0.1, 0.15) is 13.8 Å². The molecule has 0 spiro atoms. The van der Waals surface area contributed by atoms with Gasteiger partial charge < -0.3 is 9.80 Å². The van der Waals surface area contributed by atoms with Gasteiger partial charge in [0.1, 0.15) is 0 Å². The highest BCUT2D eigenvalue weighted by molar-refractivity contribution is 7.78. The summed E-state index contributed by atoms with van der Waals surface area (Å²) >= 11 is 4.71. The van der Waals surface area contributed by atoms with Crippen molar-refractivity contribution in [1.29, 1.82) is 0 Å². The predicted molar refractivity (Wildman–Crippen MR) is 56.2 cm³/mol. The van der Waals surface area contributed by atoms with Crippen molar-refractivity contribution < 1.29 is 0 Å². The van der Waals surface area contributed by atoms with Gasteiger partial charge in [-0.05, 0) is 14.1 Å². The second-order valence-corrected chi connectivity index (χ2v) is 2.60. The quantitative estimate of drug-likeness (QED) is 0.599. The van der Waals surface area contributed by atoms with E-state index in [9.17, 15) is 0 Å². The molecule has 0 saturated heterocycles. The lowest BCUT2D eigenvalue weighted by Gasteiger charge is -2.15. The second-order valence-electron chi connectivity index (χ2n) is 2.39. The number of hydrogen-bond donors (Lipinski definition) is 0. The van der Waals surface area contributed by atoms with Gasteiger partial charge in [0.05, 0.1) is 5.49 Å². The van der Waals surface area contributed by atoms with E-state index in [4.69, 9.17) is 12.2 Å². The zero-order chi connectivity index (χ0) is 9.28. The van der Waals surface area contributed by atoms with Gasteiger partial charge in [0.15, 0.2) is 0 Å². The summed E-state index contributed by atoms with van der Waals surface area (Å²) in [5.41, 5.74) is 1.67. The molecule has 0 aromatic heterocycles. The molecule has 0 aromatic rings. The Balaban J connectivity index is 0. The van der Waals surface area contributed by atoms with Gasteiger partial charge in [-0.2, -0.15) is 0 Å². The minimum atomic E-state index is 1.01. The van der Waals surface area contributed by atoms with E-state index in [2.05, 4.69) is 19.0 Å². The fraction of sp³-hybridized carbons (Fsp3) is 0.875. The van der Waals surface area contributed by atoms with Gasteiger partial charge in [-0.25, -0.2) is 0 Å². The van der Waals surface area contributed by atoms with Crippen molar-refractivity contribution in [3.05, 3.63) is 0 Å². The Hall–Kier alpha value is -0.150. The minimum Gasteiger partial charge on any atom is -0.370 e. The van der Waals surface area contributed by atoms with E-state index in [-0.39, 0.29) is 0 Å². The van der Waals surface area contributed by atoms with E-state index in [1.54, 1.807) is 5.49 Å². The number of likely N-dealkylation sites (N-methyl/N-ethyl adjacent to an activating group) is 2. The molecule has 0 radical (unpaired) electrons. The molecule has 0 unspecified atom stereocenters. The van der Waals surface area contributed by atoms with Crippen molar-refractivity contribution in [3.63, 3.8) is 0 Å². The first kappa shape index (κ1) is 13.4. The number of rotatable bonds is 4. The average molecular weight is 176 g/mol. The van der Waals surface area contributed by atoms with Crippen LogP contribution in [0, 0.1) is 0 Å². The highest BCUT2D eigenvalue weighted by atomic mass is 32.1. The number of hydrogen-bond acceptors (Lipinski definition) is 2. The van der Waals surface area contributed by atoms with Crippen molar-refractivity contribution in [3.8, 4) is 0 Å². The normalized spacial score (nSPS) is 8.55. The first-order valence-corrected chi connectivity index (χ1v) is 4.44. The monoisotopic (exact) mass is 176 g/mol. The fourth-order valence-electron chi connectivity index (χ4n) is 0.410. The summed E-state index contributed by atoms with van der Waals surface area (Å²) in [7, 11) is 6.09. The Kier molecular flexibility index (Phi) is 12.0. The minimum absolute atomic E-state index is 1.01. The molecule has 3 heteroatoms. The Bertz CT molecular complexity index is 84.2. The van der Waals surface area contributed by atoms with Gasteiger partial charge in [-0.1, -0.05) is 26.1 Å². The molecular weight excluding hydrogens is 156 g/mol. The molecule has 2 nitrogen and oxygen atoms in total. The Morgan fingerprint density at radius 2 is 1.55 bits per heavy atom. The van der Waals surface area contributed by atoms with Crippen LogP contribution in [-0.2, 0) is 0 Å². The first-order chi connectivity index (χ1) is 5.16. The van der Waals surface area contributed by atoms with Crippen LogP contribution < -0.4 is 0 Å². The summed E-state index contributed by atoms with van der Waals surface area (Å²) in [4.78, 5) is 4.13. The summed E-state index contributed by atoms with van der Waals surface area (Å²) in [6, 6.07) is 0. The molecule has 0 aliphatic heterocycles. The maximum Gasteiger partial charge on any atom is 0.0638 e. The molecular formula is C8H20N2S. The molecule has 0 aliphatic rings. The topological polar surface area (TPSA) is 6.48 Å². The molecule has 0 saturated carbocycles. The van der Waals surface area contributed by atoms with Gasteiger partial charge in [0.2, 0.25) is 0 Å². The lowest BCUT2D eigenvalue weighted by atomic mass is 10.5. The molecule has 0 atom stereocenters. The second kappa shape index (κ2) is 9.85. The van der Waals surface area contributed by atoms with Crippen LogP contribution in [0.25, 0.3) is 0 Å². The standard InChI is InChI=1S/C6H14N2S.C2H6/c1-7(2)4-5-8(3)6-9;1-2/h6H,4-5H2,1-3H3;1-2H3. The molecule has 0 N–H and O–H groups in total. The summed E-state index contributed by atoms with van der Waals surface area (Å²) in [5, 5.41) is 0. The van der Waals surface area contributed by atoms with E-state index in [0.29, 0.717) is 0 Å². The summed E-state index contributed by atoms with van der Waals surface area (Å²) in [6.45, 7) is 6.07. The summed E-state index contributed by atoms with van der Waals surface area (Å²) < 4.78 is 0. The van der Waals surface area contributed by atoms with Crippen molar-refractivity contribution in [2.24, 2.45) is 0 Å². The van der Waals surface area contributed by atoms with Crippen LogP contribution in [0.4, 0.5) is 0 Å². The zero-order valence-electron chi connectivity index (χ0n) is 8.29. The summed E-state index contributed by atoms with van der Waals surface area (Å²) in [5.74, 6) is 0. The van der Waals surface area contributed by atoms with Crippen LogP contribution in [0.15, 0.2) is 0 Å². The third-order valence-corrected chi connectivity index (χ3v) is 1.44.